The Labute approximate surface area is 165 Å². The highest BCUT2D eigenvalue weighted by Crippen LogP contribution is 2.38. The van der Waals surface area contributed by atoms with Gasteiger partial charge in [-0.2, -0.15) is 0 Å². The van der Waals surface area contributed by atoms with Gasteiger partial charge >= 0.3 is 5.97 Å². The Bertz CT molecular complexity index is 786. The fourth-order valence-electron chi connectivity index (χ4n) is 5.07. The number of carbonyl (C=O) groups excluding carboxylic acids is 2. The highest BCUT2D eigenvalue weighted by Gasteiger charge is 2.43. The van der Waals surface area contributed by atoms with Gasteiger partial charge < -0.3 is 15.3 Å². The number of nitrogens with zero attached hydrogens (tertiary/aromatic N) is 1. The lowest BCUT2D eigenvalue weighted by Gasteiger charge is -2.37. The van der Waals surface area contributed by atoms with E-state index >= 15 is 0 Å². The van der Waals surface area contributed by atoms with E-state index in [1.54, 1.807) is 0 Å². The van der Waals surface area contributed by atoms with E-state index in [4.69, 9.17) is 5.11 Å². The lowest BCUT2D eigenvalue weighted by atomic mass is 9.76. The Hall–Kier alpha value is -2.37. The minimum Gasteiger partial charge on any atom is -0.481 e. The predicted molar refractivity (Wildman–Crippen MR) is 105 cm³/mol. The quantitative estimate of drug-likeness (QED) is 0.836. The van der Waals surface area contributed by atoms with Crippen molar-refractivity contribution >= 4 is 23.5 Å². The Morgan fingerprint density at radius 2 is 1.75 bits per heavy atom. The number of carbonyl (C=O) groups is 3. The molecule has 6 heteroatoms. The van der Waals surface area contributed by atoms with Crippen LogP contribution < -0.4 is 10.2 Å². The smallest absolute Gasteiger partial charge is 0.306 e. The van der Waals surface area contributed by atoms with Crippen LogP contribution in [0.2, 0.25) is 0 Å². The van der Waals surface area contributed by atoms with E-state index in [2.05, 4.69) is 18.3 Å². The molecule has 28 heavy (non-hydrogen) atoms. The predicted octanol–water partition coefficient (Wildman–Crippen LogP) is 2.75. The molecule has 1 heterocycles. The summed E-state index contributed by atoms with van der Waals surface area (Å²) in [5.41, 5.74) is 2.17. The van der Waals surface area contributed by atoms with E-state index in [0.29, 0.717) is 12.8 Å². The van der Waals surface area contributed by atoms with Crippen LogP contribution in [0, 0.1) is 17.8 Å². The molecular weight excluding hydrogens is 356 g/mol. The summed E-state index contributed by atoms with van der Waals surface area (Å²) in [5.74, 6) is -1.77. The summed E-state index contributed by atoms with van der Waals surface area (Å²) in [6.45, 7) is 2.07. The molecule has 3 atom stereocenters. The molecule has 150 valence electrons. The number of para-hydroxylation sites is 1. The molecule has 2 N–H and O–H groups in total. The summed E-state index contributed by atoms with van der Waals surface area (Å²) in [4.78, 5) is 39.2. The Kier molecular flexibility index (Phi) is 5.13. The lowest BCUT2D eigenvalue weighted by Crippen LogP contribution is -2.52. The molecule has 2 saturated carbocycles. The van der Waals surface area contributed by atoms with Gasteiger partial charge in [0.25, 0.3) is 0 Å². The van der Waals surface area contributed by atoms with Crippen LogP contribution in [0.25, 0.3) is 0 Å². The van der Waals surface area contributed by atoms with Gasteiger partial charge in [-0.05, 0) is 50.7 Å². The van der Waals surface area contributed by atoms with Crippen molar-refractivity contribution in [3.05, 3.63) is 29.8 Å². The summed E-state index contributed by atoms with van der Waals surface area (Å²) in [5, 5.41) is 12.0. The Morgan fingerprint density at radius 1 is 1.07 bits per heavy atom. The molecule has 1 aliphatic heterocycles. The number of fused-ring (bicyclic) bond motifs is 1. The molecule has 2 aliphatic carbocycles. The first kappa shape index (κ1) is 19.0. The molecule has 3 aliphatic rings. The van der Waals surface area contributed by atoms with Crippen LogP contribution in [0.3, 0.4) is 0 Å². The van der Waals surface area contributed by atoms with Crippen molar-refractivity contribution in [1.82, 2.24) is 5.32 Å². The van der Waals surface area contributed by atoms with Crippen molar-refractivity contribution in [2.24, 2.45) is 17.8 Å². The average molecular weight is 384 g/mol. The lowest BCUT2D eigenvalue weighted by molar-refractivity contribution is -0.146. The standard InChI is InChI=1S/C22H28N2O4/c1-13-10-14-6-2-5-9-19(14)24(13)21(26)18-8-4-3-7-17(18)20(25)23-16-11-15(12-16)22(27)28/h2,5-6,9,13,15-18H,3-4,7-8,10-12H2,1H3,(H,23,25)(H,27,28). The van der Waals surface area contributed by atoms with E-state index in [-0.39, 0.29) is 41.7 Å². The first-order valence-corrected chi connectivity index (χ1v) is 10.4. The third-order valence-corrected chi connectivity index (χ3v) is 6.70. The van der Waals surface area contributed by atoms with Gasteiger partial charge in [-0.25, -0.2) is 0 Å². The zero-order chi connectivity index (χ0) is 19.8. The van der Waals surface area contributed by atoms with Gasteiger partial charge in [-0.3, -0.25) is 14.4 Å². The van der Waals surface area contributed by atoms with Gasteiger partial charge in [0.1, 0.15) is 0 Å². The van der Waals surface area contributed by atoms with Gasteiger partial charge in [0.2, 0.25) is 11.8 Å². The number of aliphatic carboxylic acids is 1. The number of amides is 2. The fourth-order valence-corrected chi connectivity index (χ4v) is 5.07. The topological polar surface area (TPSA) is 86.7 Å². The third kappa shape index (κ3) is 3.40. The van der Waals surface area contributed by atoms with Crippen LogP contribution in [0.5, 0.6) is 0 Å². The molecule has 0 radical (unpaired) electrons. The number of carboxylic acids is 1. The van der Waals surface area contributed by atoms with Crippen molar-refractivity contribution in [2.45, 2.75) is 64.0 Å². The number of nitrogens with one attached hydrogen (secondary N) is 1. The van der Waals surface area contributed by atoms with Crippen molar-refractivity contribution in [3.8, 4) is 0 Å². The molecule has 0 spiro atoms. The Morgan fingerprint density at radius 3 is 2.46 bits per heavy atom. The van der Waals surface area contributed by atoms with Crippen molar-refractivity contribution in [2.75, 3.05) is 4.90 Å². The van der Waals surface area contributed by atoms with E-state index < -0.39 is 5.97 Å². The second-order valence-corrected chi connectivity index (χ2v) is 8.60. The van der Waals surface area contributed by atoms with E-state index in [1.165, 1.54) is 5.56 Å². The van der Waals surface area contributed by atoms with Crippen LogP contribution in [0.4, 0.5) is 5.69 Å². The minimum atomic E-state index is -0.794. The molecular formula is C22H28N2O4. The number of hydrogen-bond donors (Lipinski definition) is 2. The zero-order valence-corrected chi connectivity index (χ0v) is 16.3. The minimum absolute atomic E-state index is 0.0642. The molecule has 1 aromatic carbocycles. The van der Waals surface area contributed by atoms with E-state index in [1.807, 2.05) is 23.1 Å². The van der Waals surface area contributed by atoms with Gasteiger partial charge in [0.05, 0.1) is 11.8 Å². The molecule has 6 nitrogen and oxygen atoms in total. The number of benzene rings is 1. The van der Waals surface area contributed by atoms with Gasteiger partial charge in [0.15, 0.2) is 0 Å². The molecule has 0 bridgehead atoms. The van der Waals surface area contributed by atoms with Gasteiger partial charge in [-0.15, -0.1) is 0 Å². The first-order chi connectivity index (χ1) is 13.5. The number of anilines is 1. The van der Waals surface area contributed by atoms with Gasteiger partial charge in [-0.1, -0.05) is 31.0 Å². The van der Waals surface area contributed by atoms with Crippen LogP contribution >= 0.6 is 0 Å². The molecule has 4 rings (SSSR count). The SMILES string of the molecule is CC1Cc2ccccc2N1C(=O)C1CCCCC1C(=O)NC1CC(C(=O)O)C1. The first-order valence-electron chi connectivity index (χ1n) is 10.4. The number of rotatable bonds is 4. The van der Waals surface area contributed by atoms with Gasteiger partial charge in [0, 0.05) is 23.7 Å². The highest BCUT2D eigenvalue weighted by atomic mass is 16.4. The normalized spacial score (nSPS) is 31.6. The molecule has 2 amide bonds. The number of hydrogen-bond acceptors (Lipinski definition) is 3. The maximum absolute atomic E-state index is 13.5. The summed E-state index contributed by atoms with van der Waals surface area (Å²) in [6.07, 6.45) is 5.22. The fraction of sp³-hybridized carbons (Fsp3) is 0.591. The van der Waals surface area contributed by atoms with E-state index in [0.717, 1.165) is 37.8 Å². The number of carboxylic acid groups (broad SMARTS) is 1. The largest absolute Gasteiger partial charge is 0.481 e. The molecule has 3 unspecified atom stereocenters. The Balaban J connectivity index is 1.46. The molecule has 0 aromatic heterocycles. The third-order valence-electron chi connectivity index (χ3n) is 6.70. The van der Waals surface area contributed by atoms with Crippen LogP contribution in [-0.4, -0.2) is 35.0 Å². The maximum atomic E-state index is 13.5. The van der Waals surface area contributed by atoms with Crippen molar-refractivity contribution in [1.29, 1.82) is 0 Å². The van der Waals surface area contributed by atoms with Crippen molar-refractivity contribution < 1.29 is 19.5 Å². The summed E-state index contributed by atoms with van der Waals surface area (Å²) < 4.78 is 0. The van der Waals surface area contributed by atoms with Crippen LogP contribution in [-0.2, 0) is 20.8 Å². The highest BCUT2D eigenvalue weighted by molar-refractivity contribution is 6.00. The molecule has 1 aromatic rings. The monoisotopic (exact) mass is 384 g/mol. The summed E-state index contributed by atoms with van der Waals surface area (Å²) in [7, 11) is 0. The zero-order valence-electron chi connectivity index (χ0n) is 16.3. The second kappa shape index (κ2) is 7.57. The maximum Gasteiger partial charge on any atom is 0.306 e. The van der Waals surface area contributed by atoms with Crippen LogP contribution in [0.1, 0.15) is 51.0 Å². The molecule has 2 fully saturated rings. The average Bonchev–Trinajstić information content (AvgIpc) is 2.99. The van der Waals surface area contributed by atoms with E-state index in [9.17, 15) is 14.4 Å². The molecule has 0 saturated heterocycles. The second-order valence-electron chi connectivity index (χ2n) is 8.60. The summed E-state index contributed by atoms with van der Waals surface area (Å²) >= 11 is 0. The van der Waals surface area contributed by atoms with Crippen molar-refractivity contribution in [3.63, 3.8) is 0 Å². The summed E-state index contributed by atoms with van der Waals surface area (Å²) in [6, 6.07) is 8.06. The van der Waals surface area contributed by atoms with Crippen LogP contribution in [0.15, 0.2) is 24.3 Å².